The van der Waals surface area contributed by atoms with Crippen LogP contribution in [0.1, 0.15) is 23.0 Å². The van der Waals surface area contributed by atoms with Gasteiger partial charge in [-0.15, -0.1) is 15.0 Å². The third-order valence-corrected chi connectivity index (χ3v) is 5.09. The van der Waals surface area contributed by atoms with Crippen molar-refractivity contribution in [2.45, 2.75) is 13.3 Å². The summed E-state index contributed by atoms with van der Waals surface area (Å²) in [6, 6.07) is 18.1. The number of carboxylic acid groups (broad SMARTS) is 1. The molecule has 1 saturated heterocycles. The third-order valence-electron chi connectivity index (χ3n) is 5.09. The number of hydrogen-bond donors (Lipinski definition) is 1. The molecule has 0 amide bonds. The molecule has 0 spiro atoms. The van der Waals surface area contributed by atoms with Crippen molar-refractivity contribution < 1.29 is 9.90 Å². The monoisotopic (exact) mass is 377 g/mol. The van der Waals surface area contributed by atoms with E-state index in [0.717, 1.165) is 30.8 Å². The van der Waals surface area contributed by atoms with Crippen molar-refractivity contribution in [3.63, 3.8) is 0 Å². The summed E-state index contributed by atoms with van der Waals surface area (Å²) in [4.78, 5) is 17.6. The fraction of sp³-hybridized carbons (Fsp3) is 0.286. The fourth-order valence-electron chi connectivity index (χ4n) is 3.58. The highest BCUT2D eigenvalue weighted by Crippen LogP contribution is 2.23. The van der Waals surface area contributed by atoms with Gasteiger partial charge >= 0.3 is 5.97 Å². The van der Waals surface area contributed by atoms with Gasteiger partial charge in [-0.1, -0.05) is 43.3 Å². The number of rotatable bonds is 5. The summed E-state index contributed by atoms with van der Waals surface area (Å²) in [5.41, 5.74) is 3.08. The standard InChI is InChI=1S/C21H23N5O2/c1-2-16-8-6-7-11-18(16)26-22-19(21(27)28)20(23-26)25-14-12-24(13-15-25)17-9-4-3-5-10-17/h3-11H,2,12-15H2,1H3,(H,27,28). The zero-order valence-electron chi connectivity index (χ0n) is 15.8. The molecule has 0 bridgehead atoms. The van der Waals surface area contributed by atoms with E-state index in [1.54, 1.807) is 0 Å². The molecule has 0 radical (unpaired) electrons. The third kappa shape index (κ3) is 3.43. The van der Waals surface area contributed by atoms with Crippen LogP contribution in [0, 0.1) is 0 Å². The average molecular weight is 377 g/mol. The highest BCUT2D eigenvalue weighted by atomic mass is 16.4. The molecule has 2 heterocycles. The number of carbonyl (C=O) groups is 1. The van der Waals surface area contributed by atoms with Gasteiger partial charge in [-0.25, -0.2) is 4.79 Å². The molecule has 0 atom stereocenters. The molecule has 1 N–H and O–H groups in total. The van der Waals surface area contributed by atoms with Crippen LogP contribution in [0.15, 0.2) is 54.6 Å². The normalized spacial score (nSPS) is 14.3. The van der Waals surface area contributed by atoms with Crippen molar-refractivity contribution in [3.05, 3.63) is 65.9 Å². The maximum Gasteiger partial charge on any atom is 0.360 e. The van der Waals surface area contributed by atoms with Crippen LogP contribution in [0.5, 0.6) is 0 Å². The summed E-state index contributed by atoms with van der Waals surface area (Å²) in [6.07, 6.45) is 0.825. The number of aromatic carboxylic acids is 1. The molecule has 2 aromatic carbocycles. The van der Waals surface area contributed by atoms with Crippen LogP contribution < -0.4 is 9.80 Å². The lowest BCUT2D eigenvalue weighted by Crippen LogP contribution is -2.47. The number of hydrogen-bond acceptors (Lipinski definition) is 5. The Bertz CT molecular complexity index is 962. The van der Waals surface area contributed by atoms with Gasteiger partial charge in [-0.3, -0.25) is 0 Å². The summed E-state index contributed by atoms with van der Waals surface area (Å²) in [5, 5.41) is 18.5. The summed E-state index contributed by atoms with van der Waals surface area (Å²) in [6.45, 7) is 5.07. The van der Waals surface area contributed by atoms with Gasteiger partial charge in [-0.2, -0.15) is 0 Å². The SMILES string of the molecule is CCc1ccccc1-n1nc(C(=O)O)c(N2CCN(c3ccccc3)CC2)n1. The van der Waals surface area contributed by atoms with Crippen molar-refractivity contribution in [2.24, 2.45) is 0 Å². The lowest BCUT2D eigenvalue weighted by Gasteiger charge is -2.36. The second kappa shape index (κ2) is 7.72. The lowest BCUT2D eigenvalue weighted by molar-refractivity contribution is 0.0690. The Kier molecular flexibility index (Phi) is 4.97. The Balaban J connectivity index is 1.60. The van der Waals surface area contributed by atoms with Crippen LogP contribution in [0.4, 0.5) is 11.5 Å². The Morgan fingerprint density at radius 3 is 2.25 bits per heavy atom. The van der Waals surface area contributed by atoms with E-state index in [2.05, 4.69) is 34.2 Å². The zero-order valence-corrected chi connectivity index (χ0v) is 15.8. The minimum absolute atomic E-state index is 0.000864. The van der Waals surface area contributed by atoms with E-state index in [9.17, 15) is 9.90 Å². The molecule has 0 aliphatic carbocycles. The van der Waals surface area contributed by atoms with Gasteiger partial charge < -0.3 is 14.9 Å². The minimum atomic E-state index is -1.05. The second-order valence-electron chi connectivity index (χ2n) is 6.76. The van der Waals surface area contributed by atoms with E-state index in [0.29, 0.717) is 18.9 Å². The summed E-state index contributed by atoms with van der Waals surface area (Å²) < 4.78 is 0. The predicted octanol–water partition coefficient (Wildman–Crippen LogP) is 2.85. The molecule has 7 heteroatoms. The molecule has 0 saturated carbocycles. The van der Waals surface area contributed by atoms with Gasteiger partial charge in [-0.05, 0) is 30.2 Å². The first-order valence-corrected chi connectivity index (χ1v) is 9.51. The van der Waals surface area contributed by atoms with Crippen molar-refractivity contribution >= 4 is 17.5 Å². The van der Waals surface area contributed by atoms with E-state index in [1.165, 1.54) is 10.5 Å². The topological polar surface area (TPSA) is 74.5 Å². The number of nitrogens with zero attached hydrogens (tertiary/aromatic N) is 5. The first-order valence-electron chi connectivity index (χ1n) is 9.51. The molecular formula is C21H23N5O2. The summed E-state index contributed by atoms with van der Waals surface area (Å²) in [5.74, 6) is -0.619. The number of aromatic nitrogens is 3. The van der Waals surface area contributed by atoms with Crippen LogP contribution in [-0.2, 0) is 6.42 Å². The smallest absolute Gasteiger partial charge is 0.360 e. The minimum Gasteiger partial charge on any atom is -0.476 e. The number of carboxylic acids is 1. The Labute approximate surface area is 163 Å². The van der Waals surface area contributed by atoms with Crippen LogP contribution in [0.25, 0.3) is 5.69 Å². The molecule has 1 aliphatic rings. The number of aryl methyl sites for hydroxylation is 1. The molecular weight excluding hydrogens is 354 g/mol. The maximum absolute atomic E-state index is 11.8. The van der Waals surface area contributed by atoms with Crippen LogP contribution in [0.3, 0.4) is 0 Å². The molecule has 1 aliphatic heterocycles. The van der Waals surface area contributed by atoms with Crippen LogP contribution in [0.2, 0.25) is 0 Å². The van der Waals surface area contributed by atoms with Gasteiger partial charge in [0.2, 0.25) is 5.69 Å². The van der Waals surface area contributed by atoms with Gasteiger partial charge in [0.1, 0.15) is 0 Å². The largest absolute Gasteiger partial charge is 0.476 e. The van der Waals surface area contributed by atoms with E-state index >= 15 is 0 Å². The maximum atomic E-state index is 11.8. The van der Waals surface area contributed by atoms with Gasteiger partial charge in [0.05, 0.1) is 5.69 Å². The van der Waals surface area contributed by atoms with E-state index in [4.69, 9.17) is 0 Å². The van der Waals surface area contributed by atoms with Crippen molar-refractivity contribution in [3.8, 4) is 5.69 Å². The van der Waals surface area contributed by atoms with Crippen LogP contribution in [-0.4, -0.2) is 52.2 Å². The van der Waals surface area contributed by atoms with E-state index in [1.807, 2.05) is 47.4 Å². The number of para-hydroxylation sites is 2. The fourth-order valence-corrected chi connectivity index (χ4v) is 3.58. The Morgan fingerprint density at radius 2 is 1.57 bits per heavy atom. The predicted molar refractivity (Wildman–Crippen MR) is 109 cm³/mol. The highest BCUT2D eigenvalue weighted by molar-refractivity contribution is 5.91. The molecule has 7 nitrogen and oxygen atoms in total. The first kappa shape index (κ1) is 18.0. The molecule has 3 aromatic rings. The number of benzene rings is 2. The molecule has 144 valence electrons. The summed E-state index contributed by atoms with van der Waals surface area (Å²) in [7, 11) is 0. The zero-order chi connectivity index (χ0) is 19.5. The van der Waals surface area contributed by atoms with E-state index in [-0.39, 0.29) is 5.69 Å². The molecule has 28 heavy (non-hydrogen) atoms. The molecule has 1 aromatic heterocycles. The number of anilines is 2. The van der Waals surface area contributed by atoms with Crippen LogP contribution >= 0.6 is 0 Å². The Hall–Kier alpha value is -3.35. The highest BCUT2D eigenvalue weighted by Gasteiger charge is 2.27. The van der Waals surface area contributed by atoms with Gasteiger partial charge in [0.25, 0.3) is 0 Å². The van der Waals surface area contributed by atoms with Crippen molar-refractivity contribution in [2.75, 3.05) is 36.0 Å². The van der Waals surface area contributed by atoms with Gasteiger partial charge in [0, 0.05) is 31.9 Å². The second-order valence-corrected chi connectivity index (χ2v) is 6.76. The van der Waals surface area contributed by atoms with E-state index < -0.39 is 5.97 Å². The van der Waals surface area contributed by atoms with Crippen molar-refractivity contribution in [1.82, 2.24) is 15.0 Å². The molecule has 1 fully saturated rings. The number of piperazine rings is 1. The molecule has 0 unspecified atom stereocenters. The van der Waals surface area contributed by atoms with Crippen molar-refractivity contribution in [1.29, 1.82) is 0 Å². The molecule has 4 rings (SSSR count). The average Bonchev–Trinajstić information content (AvgIpc) is 3.20. The quantitative estimate of drug-likeness (QED) is 0.737. The summed E-state index contributed by atoms with van der Waals surface area (Å²) >= 11 is 0. The lowest BCUT2D eigenvalue weighted by atomic mass is 10.1. The first-order chi connectivity index (χ1) is 13.7. The Morgan fingerprint density at radius 1 is 0.929 bits per heavy atom. The van der Waals surface area contributed by atoms with Gasteiger partial charge in [0.15, 0.2) is 5.82 Å².